The van der Waals surface area contributed by atoms with E-state index in [9.17, 15) is 18.4 Å². The quantitative estimate of drug-likeness (QED) is 0.319. The summed E-state index contributed by atoms with van der Waals surface area (Å²) in [5.74, 6) is -0.370. The third-order valence-electron chi connectivity index (χ3n) is 7.29. The first-order chi connectivity index (χ1) is 20.6. The predicted octanol–water partition coefficient (Wildman–Crippen LogP) is 5.17. The molecule has 2 amide bonds. The van der Waals surface area contributed by atoms with Crippen molar-refractivity contribution >= 4 is 29.1 Å². The molecule has 1 aromatic carbocycles. The average molecular weight is 615 g/mol. The summed E-state index contributed by atoms with van der Waals surface area (Å²) < 4.78 is 33.2. The number of benzene rings is 1. The number of alkyl halides is 2. The maximum absolute atomic E-state index is 13.7. The van der Waals surface area contributed by atoms with Crippen molar-refractivity contribution in [2.24, 2.45) is 0 Å². The Kier molecular flexibility index (Phi) is 10.9. The number of hydrogen-bond acceptors (Lipinski definition) is 7. The summed E-state index contributed by atoms with van der Waals surface area (Å²) >= 11 is 5.93. The molecule has 0 bridgehead atoms. The van der Waals surface area contributed by atoms with Crippen LogP contribution in [-0.2, 0) is 0 Å². The predicted molar refractivity (Wildman–Crippen MR) is 163 cm³/mol. The van der Waals surface area contributed by atoms with Crippen molar-refractivity contribution in [3.63, 3.8) is 0 Å². The maximum Gasteiger partial charge on any atom is 0.272 e. The van der Waals surface area contributed by atoms with Crippen LogP contribution in [0.25, 0.3) is 11.3 Å². The third-order valence-corrected chi connectivity index (χ3v) is 7.53. The molecular weight excluding hydrogens is 578 g/mol. The molecule has 2 aromatic heterocycles. The molecule has 1 N–H and O–H groups in total. The minimum absolute atomic E-state index is 0.0590. The molecule has 1 saturated heterocycles. The van der Waals surface area contributed by atoms with Crippen LogP contribution in [0.2, 0.25) is 5.02 Å². The fourth-order valence-electron chi connectivity index (χ4n) is 5.10. The second-order valence-electron chi connectivity index (χ2n) is 10.5. The first-order valence-corrected chi connectivity index (χ1v) is 14.7. The highest BCUT2D eigenvalue weighted by Gasteiger charge is 2.33. The fraction of sp³-hybridized carbons (Fsp3) is 0.419. The molecule has 12 heteroatoms. The van der Waals surface area contributed by atoms with Crippen molar-refractivity contribution in [2.75, 3.05) is 58.3 Å². The molecule has 0 radical (unpaired) electrons. The lowest BCUT2D eigenvalue weighted by molar-refractivity contribution is 0.0708. The molecule has 4 rings (SSSR count). The normalized spacial score (nSPS) is 15.2. The lowest BCUT2D eigenvalue weighted by Gasteiger charge is -2.43. The fourth-order valence-corrected chi connectivity index (χ4v) is 5.28. The molecule has 0 unspecified atom stereocenters. The largest absolute Gasteiger partial charge is 0.477 e. The topological polar surface area (TPSA) is 90.9 Å². The summed E-state index contributed by atoms with van der Waals surface area (Å²) in [5.41, 5.74) is 1.65. The first kappa shape index (κ1) is 32.1. The zero-order valence-electron chi connectivity index (χ0n) is 24.8. The monoisotopic (exact) mass is 614 g/mol. The Balaban J connectivity index is 1.66. The third kappa shape index (κ3) is 7.58. The van der Waals surface area contributed by atoms with Gasteiger partial charge in [0.15, 0.2) is 5.69 Å². The van der Waals surface area contributed by atoms with E-state index in [-0.39, 0.29) is 40.3 Å². The molecule has 230 valence electrons. The number of halogens is 3. The van der Waals surface area contributed by atoms with Crippen LogP contribution in [0, 0.1) is 0 Å². The van der Waals surface area contributed by atoms with Gasteiger partial charge in [-0.15, -0.1) is 0 Å². The highest BCUT2D eigenvalue weighted by Crippen LogP contribution is 2.33. The van der Waals surface area contributed by atoms with Crippen molar-refractivity contribution in [2.45, 2.75) is 32.7 Å². The molecule has 1 aliphatic heterocycles. The summed E-state index contributed by atoms with van der Waals surface area (Å²) in [4.78, 5) is 41.7. The highest BCUT2D eigenvalue weighted by atomic mass is 35.5. The number of aromatic nitrogens is 2. The van der Waals surface area contributed by atoms with Crippen LogP contribution >= 0.6 is 11.6 Å². The van der Waals surface area contributed by atoms with Gasteiger partial charge in [-0.1, -0.05) is 18.5 Å². The zero-order valence-corrected chi connectivity index (χ0v) is 25.6. The number of carbonyl (C=O) groups excluding carboxylic acids is 2. The molecule has 0 spiro atoms. The molecule has 0 aliphatic carbocycles. The average Bonchev–Trinajstić information content (AvgIpc) is 3.00. The van der Waals surface area contributed by atoms with Crippen molar-refractivity contribution in [3.05, 3.63) is 70.5 Å². The summed E-state index contributed by atoms with van der Waals surface area (Å²) in [7, 11) is 3.85. The van der Waals surface area contributed by atoms with Crippen molar-refractivity contribution < 1.29 is 23.1 Å². The zero-order chi connectivity index (χ0) is 31.1. The molecule has 3 heterocycles. The second-order valence-corrected chi connectivity index (χ2v) is 10.9. The van der Waals surface area contributed by atoms with Crippen LogP contribution in [0.4, 0.5) is 14.5 Å². The summed E-state index contributed by atoms with van der Waals surface area (Å²) in [6, 6.07) is 11.1. The first-order valence-electron chi connectivity index (χ1n) is 14.3. The van der Waals surface area contributed by atoms with Gasteiger partial charge in [-0.25, -0.2) is 18.7 Å². The lowest BCUT2D eigenvalue weighted by atomic mass is 10.0. The molecular formula is C31H37ClF2N6O3. The number of rotatable bonds is 11. The van der Waals surface area contributed by atoms with Gasteiger partial charge in [0.05, 0.1) is 23.6 Å². The second kappa shape index (κ2) is 14.6. The van der Waals surface area contributed by atoms with Gasteiger partial charge in [0.25, 0.3) is 18.2 Å². The lowest BCUT2D eigenvalue weighted by Crippen LogP contribution is -2.55. The van der Waals surface area contributed by atoms with Gasteiger partial charge in [-0.05, 0) is 69.9 Å². The van der Waals surface area contributed by atoms with E-state index in [0.29, 0.717) is 62.0 Å². The number of amides is 2. The summed E-state index contributed by atoms with van der Waals surface area (Å²) in [6.07, 6.45) is -0.548. The van der Waals surface area contributed by atoms with Crippen LogP contribution in [0.3, 0.4) is 0 Å². The molecule has 1 fully saturated rings. The Morgan fingerprint density at radius 1 is 1.16 bits per heavy atom. The Hall–Kier alpha value is -3.83. The number of piperazine rings is 1. The van der Waals surface area contributed by atoms with Crippen LogP contribution in [0.15, 0.2) is 48.7 Å². The van der Waals surface area contributed by atoms with Crippen LogP contribution in [0.5, 0.6) is 5.88 Å². The van der Waals surface area contributed by atoms with Gasteiger partial charge in [-0.2, -0.15) is 0 Å². The maximum atomic E-state index is 13.7. The molecule has 3 aromatic rings. The Morgan fingerprint density at radius 3 is 2.65 bits per heavy atom. The number of likely N-dealkylation sites (N-methyl/N-ethyl adjacent to an activating group) is 1. The molecule has 1 atom stereocenters. The van der Waals surface area contributed by atoms with E-state index in [1.165, 1.54) is 12.1 Å². The van der Waals surface area contributed by atoms with Gasteiger partial charge < -0.3 is 24.8 Å². The smallest absolute Gasteiger partial charge is 0.272 e. The van der Waals surface area contributed by atoms with Crippen molar-refractivity contribution in [1.29, 1.82) is 0 Å². The van der Waals surface area contributed by atoms with E-state index >= 15 is 0 Å². The number of pyridine rings is 2. The molecule has 9 nitrogen and oxygen atoms in total. The van der Waals surface area contributed by atoms with Crippen LogP contribution < -0.4 is 15.0 Å². The van der Waals surface area contributed by atoms with Crippen molar-refractivity contribution in [3.8, 4) is 17.1 Å². The van der Waals surface area contributed by atoms with E-state index in [2.05, 4.69) is 15.2 Å². The Bertz CT molecular complexity index is 1440. The van der Waals surface area contributed by atoms with Crippen LogP contribution in [0.1, 0.15) is 53.1 Å². The van der Waals surface area contributed by atoms with Crippen LogP contribution in [-0.4, -0.2) is 91.0 Å². The number of ether oxygens (including phenoxy) is 1. The van der Waals surface area contributed by atoms with Gasteiger partial charge >= 0.3 is 0 Å². The Labute approximate surface area is 255 Å². The van der Waals surface area contributed by atoms with Gasteiger partial charge in [0.1, 0.15) is 0 Å². The van der Waals surface area contributed by atoms with E-state index in [1.54, 1.807) is 17.2 Å². The minimum Gasteiger partial charge on any atom is -0.477 e. The van der Waals surface area contributed by atoms with Gasteiger partial charge in [0, 0.05) is 61.1 Å². The number of hydrogen-bond donors (Lipinski definition) is 1. The van der Waals surface area contributed by atoms with E-state index < -0.39 is 12.3 Å². The van der Waals surface area contributed by atoms with Gasteiger partial charge in [0.2, 0.25) is 5.88 Å². The molecule has 43 heavy (non-hydrogen) atoms. The Morgan fingerprint density at radius 2 is 1.95 bits per heavy atom. The minimum atomic E-state index is -2.83. The summed E-state index contributed by atoms with van der Waals surface area (Å²) in [5, 5.41) is 3.12. The van der Waals surface area contributed by atoms with Crippen molar-refractivity contribution in [1.82, 2.24) is 25.1 Å². The van der Waals surface area contributed by atoms with E-state index in [4.69, 9.17) is 21.3 Å². The molecule has 0 saturated carbocycles. The number of nitrogens with zero attached hydrogens (tertiary/aromatic N) is 5. The SMILES string of the molecule is CCOc1ncccc1-c1ccc(N2CCN(C(=O)c3ccc(Cl)cc3C(F)F)C[C@H]2CC)c(C(=O)NCCN(C)C)n1. The van der Waals surface area contributed by atoms with E-state index in [0.717, 1.165) is 6.07 Å². The van der Waals surface area contributed by atoms with E-state index in [1.807, 2.05) is 51.0 Å². The highest BCUT2D eigenvalue weighted by molar-refractivity contribution is 6.30. The van der Waals surface area contributed by atoms with Gasteiger partial charge in [-0.3, -0.25) is 9.59 Å². The number of anilines is 1. The molecule has 1 aliphatic rings. The summed E-state index contributed by atoms with van der Waals surface area (Å²) in [6.45, 7) is 6.33. The number of carbonyl (C=O) groups is 2. The number of nitrogens with one attached hydrogen (secondary N) is 1. The standard InChI is InChI=1S/C31H37ClF2N6O3/c1-5-21-19-39(31(42)22-10-9-20(32)18-24(22)28(33)34)16-17-40(21)26-12-11-25(23-8-7-13-36-30(23)43-6-2)37-27(26)29(41)35-14-15-38(3)4/h7-13,18,21,28H,5-6,14-17,19H2,1-4H3,(H,35,41)/t21-/m1/s1.